The zero-order valence-electron chi connectivity index (χ0n) is 20.5. The van der Waals surface area contributed by atoms with Gasteiger partial charge in [0.1, 0.15) is 23.0 Å². The molecule has 6 heteroatoms. The first-order valence-corrected chi connectivity index (χ1v) is 12.6. The number of carbonyl (C=O) groups is 1. The van der Waals surface area contributed by atoms with E-state index < -0.39 is 5.97 Å². The number of hydrogen-bond donors (Lipinski definition) is 2. The summed E-state index contributed by atoms with van der Waals surface area (Å²) in [6.07, 6.45) is 13.2. The number of carboxylic acids is 1. The van der Waals surface area contributed by atoms with Crippen molar-refractivity contribution >= 4 is 5.97 Å². The molecule has 0 aliphatic carbocycles. The standard InChI is InChI=1S/C28H40O6/c1-2-3-4-5-6-7-8-9-10-11-17-33-26-20-23(28(30)31)21-27(22-26)34-19-12-18-32-25-15-13-24(29)14-16-25/h13-16,20-22,29H,2-12,17-19H2,1H3,(H,30,31). The van der Waals surface area contributed by atoms with Crippen LogP contribution in [-0.4, -0.2) is 36.0 Å². The van der Waals surface area contributed by atoms with Crippen LogP contribution < -0.4 is 14.2 Å². The third kappa shape index (κ3) is 11.8. The first-order chi connectivity index (χ1) is 16.6. The summed E-state index contributed by atoms with van der Waals surface area (Å²) in [6.45, 7) is 3.65. The quantitative estimate of drug-likeness (QED) is 0.210. The van der Waals surface area contributed by atoms with E-state index in [0.29, 0.717) is 43.5 Å². The van der Waals surface area contributed by atoms with E-state index in [4.69, 9.17) is 14.2 Å². The lowest BCUT2D eigenvalue weighted by Gasteiger charge is -2.12. The average Bonchev–Trinajstić information content (AvgIpc) is 2.83. The smallest absolute Gasteiger partial charge is 0.335 e. The Hall–Kier alpha value is -2.89. The Kier molecular flexibility index (Phi) is 13.4. The van der Waals surface area contributed by atoms with E-state index in [1.165, 1.54) is 57.4 Å². The van der Waals surface area contributed by atoms with Crippen LogP contribution in [0.3, 0.4) is 0 Å². The molecule has 0 aliphatic rings. The van der Waals surface area contributed by atoms with Crippen LogP contribution in [0.2, 0.25) is 0 Å². The Morgan fingerprint density at radius 1 is 0.647 bits per heavy atom. The van der Waals surface area contributed by atoms with Crippen molar-refractivity contribution in [2.45, 2.75) is 77.6 Å². The normalized spacial score (nSPS) is 10.7. The van der Waals surface area contributed by atoms with Crippen molar-refractivity contribution in [1.82, 2.24) is 0 Å². The summed E-state index contributed by atoms with van der Waals surface area (Å²) in [7, 11) is 0. The molecule has 0 fully saturated rings. The van der Waals surface area contributed by atoms with Gasteiger partial charge in [-0.15, -0.1) is 0 Å². The van der Waals surface area contributed by atoms with Gasteiger partial charge in [-0.1, -0.05) is 64.7 Å². The van der Waals surface area contributed by atoms with Crippen LogP contribution in [0.1, 0.15) is 87.9 Å². The predicted octanol–water partition coefficient (Wildman–Crippen LogP) is 7.24. The average molecular weight is 473 g/mol. The van der Waals surface area contributed by atoms with Crippen LogP contribution in [0.5, 0.6) is 23.0 Å². The first kappa shape index (κ1) is 27.4. The molecule has 0 atom stereocenters. The zero-order valence-corrected chi connectivity index (χ0v) is 20.5. The second-order valence-electron chi connectivity index (χ2n) is 8.57. The van der Waals surface area contributed by atoms with E-state index in [0.717, 1.165) is 12.8 Å². The second-order valence-corrected chi connectivity index (χ2v) is 8.57. The van der Waals surface area contributed by atoms with E-state index in [1.807, 2.05) is 0 Å². The highest BCUT2D eigenvalue weighted by Crippen LogP contribution is 2.24. The summed E-state index contributed by atoms with van der Waals surface area (Å²) in [5.74, 6) is 0.854. The van der Waals surface area contributed by atoms with E-state index in [1.54, 1.807) is 36.4 Å². The number of carboxylic acid groups (broad SMARTS) is 1. The van der Waals surface area contributed by atoms with E-state index in [-0.39, 0.29) is 11.3 Å². The summed E-state index contributed by atoms with van der Waals surface area (Å²) in [6, 6.07) is 11.3. The Balaban J connectivity index is 1.65. The van der Waals surface area contributed by atoms with Crippen LogP contribution in [0.4, 0.5) is 0 Å². The van der Waals surface area contributed by atoms with Crippen LogP contribution in [0.15, 0.2) is 42.5 Å². The maximum Gasteiger partial charge on any atom is 0.335 e. The maximum atomic E-state index is 11.5. The van der Waals surface area contributed by atoms with Crippen LogP contribution in [-0.2, 0) is 0 Å². The van der Waals surface area contributed by atoms with E-state index >= 15 is 0 Å². The lowest BCUT2D eigenvalue weighted by molar-refractivity contribution is 0.0695. The number of ether oxygens (including phenoxy) is 3. The number of unbranched alkanes of at least 4 members (excludes halogenated alkanes) is 9. The molecule has 0 heterocycles. The van der Waals surface area contributed by atoms with Gasteiger partial charge in [0.2, 0.25) is 0 Å². The largest absolute Gasteiger partial charge is 0.508 e. The molecule has 0 radical (unpaired) electrons. The Bertz CT molecular complexity index is 818. The van der Waals surface area contributed by atoms with Gasteiger partial charge in [0.25, 0.3) is 0 Å². The Morgan fingerprint density at radius 3 is 1.65 bits per heavy atom. The highest BCUT2D eigenvalue weighted by atomic mass is 16.5. The molecule has 2 rings (SSSR count). The van der Waals surface area contributed by atoms with Gasteiger partial charge in [-0.3, -0.25) is 0 Å². The minimum Gasteiger partial charge on any atom is -0.508 e. The van der Waals surface area contributed by atoms with Crippen LogP contribution in [0.25, 0.3) is 0 Å². The molecule has 2 aromatic rings. The summed E-state index contributed by atoms with van der Waals surface area (Å²) in [5, 5.41) is 18.7. The molecule has 0 saturated heterocycles. The number of benzene rings is 2. The van der Waals surface area contributed by atoms with Crippen molar-refractivity contribution in [2.24, 2.45) is 0 Å². The number of aromatic hydroxyl groups is 1. The third-order valence-corrected chi connectivity index (χ3v) is 5.56. The zero-order chi connectivity index (χ0) is 24.4. The fraction of sp³-hybridized carbons (Fsp3) is 0.536. The number of phenolic OH excluding ortho intramolecular Hbond substituents is 1. The van der Waals surface area contributed by atoms with Crippen molar-refractivity contribution in [3.63, 3.8) is 0 Å². The van der Waals surface area contributed by atoms with Gasteiger partial charge in [-0.05, 0) is 42.8 Å². The first-order valence-electron chi connectivity index (χ1n) is 12.6. The number of hydrogen-bond acceptors (Lipinski definition) is 5. The monoisotopic (exact) mass is 472 g/mol. The predicted molar refractivity (Wildman–Crippen MR) is 134 cm³/mol. The molecule has 2 aromatic carbocycles. The van der Waals surface area contributed by atoms with Gasteiger partial charge in [0.05, 0.1) is 25.4 Å². The minimum atomic E-state index is -1.01. The SMILES string of the molecule is CCCCCCCCCCCCOc1cc(OCCCOc2ccc(O)cc2)cc(C(=O)O)c1. The van der Waals surface area contributed by atoms with Crippen molar-refractivity contribution in [2.75, 3.05) is 19.8 Å². The second kappa shape index (κ2) is 16.7. The molecule has 0 amide bonds. The highest BCUT2D eigenvalue weighted by molar-refractivity contribution is 5.88. The van der Waals surface area contributed by atoms with Gasteiger partial charge in [0, 0.05) is 12.5 Å². The highest BCUT2D eigenvalue weighted by Gasteiger charge is 2.09. The summed E-state index contributed by atoms with van der Waals surface area (Å²) < 4.78 is 17.2. The number of aromatic carboxylic acids is 1. The molecule has 2 N–H and O–H groups in total. The third-order valence-electron chi connectivity index (χ3n) is 5.56. The molecule has 34 heavy (non-hydrogen) atoms. The van der Waals surface area contributed by atoms with Gasteiger partial charge in [-0.2, -0.15) is 0 Å². The molecule has 188 valence electrons. The van der Waals surface area contributed by atoms with Gasteiger partial charge < -0.3 is 24.4 Å². The van der Waals surface area contributed by atoms with Crippen molar-refractivity contribution < 1.29 is 29.2 Å². The topological polar surface area (TPSA) is 85.2 Å². The van der Waals surface area contributed by atoms with E-state index in [2.05, 4.69) is 6.92 Å². The lowest BCUT2D eigenvalue weighted by Crippen LogP contribution is -2.06. The Labute approximate surface area is 203 Å². The van der Waals surface area contributed by atoms with Crippen molar-refractivity contribution in [1.29, 1.82) is 0 Å². The fourth-order valence-corrected chi connectivity index (χ4v) is 3.62. The molecule has 6 nitrogen and oxygen atoms in total. The van der Waals surface area contributed by atoms with Crippen LogP contribution >= 0.6 is 0 Å². The maximum absolute atomic E-state index is 11.5. The molecule has 0 saturated carbocycles. The summed E-state index contributed by atoms with van der Waals surface area (Å²) in [4.78, 5) is 11.5. The minimum absolute atomic E-state index is 0.149. The number of rotatable bonds is 19. The molecule has 0 spiro atoms. The van der Waals surface area contributed by atoms with Crippen molar-refractivity contribution in [3.8, 4) is 23.0 Å². The molecule has 0 unspecified atom stereocenters. The summed E-state index contributed by atoms with van der Waals surface area (Å²) in [5.41, 5.74) is 0.149. The van der Waals surface area contributed by atoms with Crippen molar-refractivity contribution in [3.05, 3.63) is 48.0 Å². The molecule has 0 bridgehead atoms. The van der Waals surface area contributed by atoms with Crippen LogP contribution in [0, 0.1) is 0 Å². The fourth-order valence-electron chi connectivity index (χ4n) is 3.62. The van der Waals surface area contributed by atoms with Gasteiger partial charge in [-0.25, -0.2) is 4.79 Å². The summed E-state index contributed by atoms with van der Waals surface area (Å²) >= 11 is 0. The van der Waals surface area contributed by atoms with Gasteiger partial charge in [0.15, 0.2) is 0 Å². The number of phenols is 1. The van der Waals surface area contributed by atoms with E-state index in [9.17, 15) is 15.0 Å². The Morgan fingerprint density at radius 2 is 1.12 bits per heavy atom. The lowest BCUT2D eigenvalue weighted by atomic mass is 10.1. The molecule has 0 aliphatic heterocycles. The molecular formula is C28H40O6. The molecule has 0 aromatic heterocycles. The van der Waals surface area contributed by atoms with Gasteiger partial charge >= 0.3 is 5.97 Å². The molecular weight excluding hydrogens is 432 g/mol.